The lowest BCUT2D eigenvalue weighted by atomic mass is 10.1. The fourth-order valence-corrected chi connectivity index (χ4v) is 5.47. The quantitative estimate of drug-likeness (QED) is 0.482. The number of fused-ring (bicyclic) bond motifs is 1. The normalized spacial score (nSPS) is 19.1. The van der Waals surface area contributed by atoms with E-state index in [1.807, 2.05) is 18.2 Å². The monoisotopic (exact) mass is 457 g/mol. The Labute approximate surface area is 186 Å². The molecule has 0 spiro atoms. The summed E-state index contributed by atoms with van der Waals surface area (Å²) >= 11 is 1.62. The van der Waals surface area contributed by atoms with E-state index in [1.165, 1.54) is 37.7 Å². The average molecular weight is 458 g/mol. The maximum atomic E-state index is 12.3. The highest BCUT2D eigenvalue weighted by molar-refractivity contribution is 7.99. The van der Waals surface area contributed by atoms with Crippen LogP contribution >= 0.6 is 11.8 Å². The molecule has 0 amide bonds. The van der Waals surface area contributed by atoms with Crippen LogP contribution < -0.4 is 14.8 Å². The molecule has 1 aromatic rings. The summed E-state index contributed by atoms with van der Waals surface area (Å²) in [6, 6.07) is 5.70. The molecule has 6 nitrogen and oxygen atoms in total. The smallest absolute Gasteiger partial charge is 0.321 e. The van der Waals surface area contributed by atoms with Gasteiger partial charge in [0.1, 0.15) is 6.04 Å². The van der Waals surface area contributed by atoms with Gasteiger partial charge >= 0.3 is 5.97 Å². The number of carboxylic acids is 1. The molecule has 30 heavy (non-hydrogen) atoms. The Morgan fingerprint density at radius 1 is 1.23 bits per heavy atom. The highest BCUT2D eigenvalue weighted by atomic mass is 32.2. The van der Waals surface area contributed by atoms with E-state index in [0.717, 1.165) is 36.0 Å². The van der Waals surface area contributed by atoms with Gasteiger partial charge in [0, 0.05) is 33.4 Å². The minimum absolute atomic E-state index is 0.191. The van der Waals surface area contributed by atoms with E-state index in [0.29, 0.717) is 12.5 Å². The summed E-state index contributed by atoms with van der Waals surface area (Å²) in [5, 5.41) is 11.3. The summed E-state index contributed by atoms with van der Waals surface area (Å²) < 4.78 is 23.0. The van der Waals surface area contributed by atoms with Gasteiger partial charge in [-0.25, -0.2) is 0 Å². The maximum Gasteiger partial charge on any atom is 0.321 e. The van der Waals surface area contributed by atoms with Gasteiger partial charge in [-0.05, 0) is 30.5 Å². The summed E-state index contributed by atoms with van der Waals surface area (Å²) in [6.07, 6.45) is 8.32. The van der Waals surface area contributed by atoms with E-state index in [4.69, 9.17) is 14.6 Å². The number of thioether (sulfide) groups is 1. The van der Waals surface area contributed by atoms with E-state index in [-0.39, 0.29) is 11.3 Å². The van der Waals surface area contributed by atoms with E-state index >= 15 is 0 Å². The first-order valence-corrected chi connectivity index (χ1v) is 13.3. The van der Waals surface area contributed by atoms with Gasteiger partial charge in [-0.1, -0.05) is 52.0 Å². The van der Waals surface area contributed by atoms with Gasteiger partial charge in [-0.3, -0.25) is 14.3 Å². The van der Waals surface area contributed by atoms with E-state index in [2.05, 4.69) is 19.2 Å². The Bertz CT molecular complexity index is 679. The zero-order valence-electron chi connectivity index (χ0n) is 18.1. The largest absolute Gasteiger partial charge is 0.480 e. The third-order valence-electron chi connectivity index (χ3n) is 5.12. The molecular weight excluding hydrogens is 422 g/mol. The second-order valence-electron chi connectivity index (χ2n) is 7.67. The number of rotatable bonds is 11. The van der Waals surface area contributed by atoms with Gasteiger partial charge in [-0.2, -0.15) is 0 Å². The molecule has 2 heterocycles. The van der Waals surface area contributed by atoms with Gasteiger partial charge in [0.15, 0.2) is 11.5 Å². The molecule has 0 radical (unpaired) electrons. The number of hydrogen-bond donors (Lipinski definition) is 2. The number of nitrogens with one attached hydrogen (secondary N) is 1. The Hall–Kier alpha value is -1.25. The van der Waals surface area contributed by atoms with E-state index in [1.54, 1.807) is 11.8 Å². The molecule has 170 valence electrons. The number of benzene rings is 1. The molecule has 1 aromatic carbocycles. The van der Waals surface area contributed by atoms with Crippen molar-refractivity contribution in [3.05, 3.63) is 23.8 Å². The van der Waals surface area contributed by atoms with Crippen molar-refractivity contribution in [3.8, 4) is 11.5 Å². The Morgan fingerprint density at radius 2 is 1.97 bits per heavy atom. The number of unbranched alkanes of at least 4 members (excludes halogenated alkanes) is 5. The van der Waals surface area contributed by atoms with Gasteiger partial charge in [0.2, 0.25) is 6.79 Å². The Kier molecular flexibility index (Phi) is 11.6. The summed E-state index contributed by atoms with van der Waals surface area (Å²) in [5.41, 5.74) is 1.17. The van der Waals surface area contributed by atoms with Crippen LogP contribution in [0.15, 0.2) is 18.2 Å². The first-order chi connectivity index (χ1) is 14.5. The topological polar surface area (TPSA) is 84.9 Å². The molecule has 0 saturated carbocycles. The lowest BCUT2D eigenvalue weighted by molar-refractivity contribution is -0.138. The van der Waals surface area contributed by atoms with Crippen molar-refractivity contribution in [1.82, 2.24) is 5.32 Å². The van der Waals surface area contributed by atoms with Crippen molar-refractivity contribution in [2.24, 2.45) is 0 Å². The molecule has 0 aliphatic carbocycles. The fourth-order valence-electron chi connectivity index (χ4n) is 3.27. The van der Waals surface area contributed by atoms with Crippen LogP contribution in [-0.2, 0) is 22.0 Å². The highest BCUT2D eigenvalue weighted by Gasteiger charge is 2.20. The second kappa shape index (κ2) is 13.9. The zero-order chi connectivity index (χ0) is 21.8. The van der Waals surface area contributed by atoms with Crippen molar-refractivity contribution in [1.29, 1.82) is 0 Å². The minimum atomic E-state index is -0.743. The zero-order valence-corrected chi connectivity index (χ0v) is 19.7. The fraction of sp³-hybridized carbons (Fsp3) is 0.682. The predicted octanol–water partition coefficient (Wildman–Crippen LogP) is 4.19. The standard InChI is InChI=1S/C18H28O3S.C4H7NO2S/c1-3-4-5-6-7-8-11-22(19)15(2)12-16-9-10-17-18(13-16)21-14-20-17;6-4(7)3-1-8-2-5-3/h9-10,13,15H,3-8,11-12,14H2,1-2H3;3,5H,1-2H2,(H,6,7). The van der Waals surface area contributed by atoms with Crippen LogP contribution in [0, 0.1) is 0 Å². The van der Waals surface area contributed by atoms with E-state index in [9.17, 15) is 9.00 Å². The van der Waals surface area contributed by atoms with Crippen LogP contribution in [0.1, 0.15) is 57.9 Å². The first-order valence-electron chi connectivity index (χ1n) is 10.8. The summed E-state index contributed by atoms with van der Waals surface area (Å²) in [6.45, 7) is 4.61. The molecule has 3 atom stereocenters. The molecule has 1 fully saturated rings. The summed E-state index contributed by atoms with van der Waals surface area (Å²) in [7, 11) is -0.743. The first kappa shape index (κ1) is 25.0. The van der Waals surface area contributed by atoms with Crippen LogP contribution in [0.5, 0.6) is 11.5 Å². The average Bonchev–Trinajstić information content (AvgIpc) is 3.42. The Balaban J connectivity index is 0.000000335. The van der Waals surface area contributed by atoms with Crippen molar-refractivity contribution in [2.75, 3.05) is 24.2 Å². The molecule has 2 aliphatic heterocycles. The van der Waals surface area contributed by atoms with E-state index < -0.39 is 16.8 Å². The summed E-state index contributed by atoms with van der Waals surface area (Å²) in [4.78, 5) is 10.1. The number of ether oxygens (including phenoxy) is 2. The lowest BCUT2D eigenvalue weighted by Gasteiger charge is -2.12. The third kappa shape index (κ3) is 8.86. The Morgan fingerprint density at radius 3 is 2.63 bits per heavy atom. The molecule has 8 heteroatoms. The third-order valence-corrected chi connectivity index (χ3v) is 7.82. The van der Waals surface area contributed by atoms with Gasteiger partial charge < -0.3 is 14.6 Å². The summed E-state index contributed by atoms with van der Waals surface area (Å²) in [5.74, 6) is 3.19. The van der Waals surface area contributed by atoms with Gasteiger partial charge in [-0.15, -0.1) is 11.8 Å². The molecule has 3 unspecified atom stereocenters. The van der Waals surface area contributed by atoms with Crippen LogP contribution in [0.25, 0.3) is 0 Å². The van der Waals surface area contributed by atoms with Crippen LogP contribution in [0.2, 0.25) is 0 Å². The van der Waals surface area contributed by atoms with Crippen LogP contribution in [0.4, 0.5) is 0 Å². The highest BCUT2D eigenvalue weighted by Crippen LogP contribution is 2.33. The van der Waals surface area contributed by atoms with Crippen molar-refractivity contribution in [3.63, 3.8) is 0 Å². The minimum Gasteiger partial charge on any atom is -0.480 e. The van der Waals surface area contributed by atoms with Crippen molar-refractivity contribution < 1.29 is 23.6 Å². The van der Waals surface area contributed by atoms with Gasteiger partial charge in [0.25, 0.3) is 0 Å². The maximum absolute atomic E-state index is 12.3. The lowest BCUT2D eigenvalue weighted by Crippen LogP contribution is -2.32. The predicted molar refractivity (Wildman–Crippen MR) is 124 cm³/mol. The molecule has 0 bridgehead atoms. The SMILES string of the molecule is CCCCCCCCS(=O)C(C)Cc1ccc2c(c1)OCO2.O=C(O)C1CSCN1. The molecule has 2 aliphatic rings. The molecular formula is C22H35NO5S2. The molecule has 1 saturated heterocycles. The number of carboxylic acid groups (broad SMARTS) is 1. The second-order valence-corrected chi connectivity index (χ2v) is 10.7. The molecule has 0 aromatic heterocycles. The van der Waals surface area contributed by atoms with Gasteiger partial charge in [0.05, 0.1) is 0 Å². The number of aliphatic carboxylic acids is 1. The van der Waals surface area contributed by atoms with Crippen LogP contribution in [-0.4, -0.2) is 50.8 Å². The van der Waals surface area contributed by atoms with Crippen molar-refractivity contribution >= 4 is 28.5 Å². The number of hydrogen-bond acceptors (Lipinski definition) is 6. The number of carbonyl (C=O) groups is 1. The van der Waals surface area contributed by atoms with Crippen LogP contribution in [0.3, 0.4) is 0 Å². The van der Waals surface area contributed by atoms with Crippen molar-refractivity contribution in [2.45, 2.75) is 70.1 Å². The molecule has 3 rings (SSSR count). The molecule has 2 N–H and O–H groups in total.